The van der Waals surface area contributed by atoms with Gasteiger partial charge in [-0.05, 0) is 32.7 Å². The van der Waals surface area contributed by atoms with Crippen LogP contribution in [0.4, 0.5) is 0 Å². The van der Waals surface area contributed by atoms with E-state index in [1.807, 2.05) is 84.9 Å². The van der Waals surface area contributed by atoms with Gasteiger partial charge in [-0.2, -0.15) is 8.42 Å². The predicted octanol–water partition coefficient (Wildman–Crippen LogP) is 4.97. The molecule has 0 amide bonds. The molecule has 0 saturated carbocycles. The van der Waals surface area contributed by atoms with Crippen LogP contribution in [-0.4, -0.2) is 8.42 Å². The van der Waals surface area contributed by atoms with Gasteiger partial charge >= 0.3 is 10.4 Å². The molecule has 0 fully saturated rings. The molecule has 5 heteroatoms. The Balaban J connectivity index is 1.47. The van der Waals surface area contributed by atoms with E-state index < -0.39 is 10.4 Å². The molecule has 4 rings (SSSR count). The molecule has 136 valence electrons. The Morgan fingerprint density at radius 2 is 0.963 bits per heavy atom. The fourth-order valence-electron chi connectivity index (χ4n) is 3.14. The summed E-state index contributed by atoms with van der Waals surface area (Å²) < 4.78 is 34.6. The normalized spacial score (nSPS) is 11.9. The first kappa shape index (κ1) is 17.7. The van der Waals surface area contributed by atoms with Crippen molar-refractivity contribution >= 4 is 31.9 Å². The standard InChI is InChI=1S/C22H18O4S/c23-27(24,25-15-19-11-5-9-17-7-1-3-13-21(17)19)26-16-20-12-6-10-18-8-2-4-14-22(18)20/h1-14H,15-16H2. The van der Waals surface area contributed by atoms with E-state index in [2.05, 4.69) is 0 Å². The largest absolute Gasteiger partial charge is 0.400 e. The van der Waals surface area contributed by atoms with Crippen molar-refractivity contribution in [2.45, 2.75) is 13.2 Å². The van der Waals surface area contributed by atoms with Crippen molar-refractivity contribution in [2.75, 3.05) is 0 Å². The van der Waals surface area contributed by atoms with Crippen LogP contribution < -0.4 is 0 Å². The molecule has 0 spiro atoms. The highest BCUT2D eigenvalue weighted by Gasteiger charge is 2.14. The van der Waals surface area contributed by atoms with Gasteiger partial charge in [-0.3, -0.25) is 0 Å². The van der Waals surface area contributed by atoms with Crippen molar-refractivity contribution in [3.05, 3.63) is 96.1 Å². The lowest BCUT2D eigenvalue weighted by Gasteiger charge is -2.10. The van der Waals surface area contributed by atoms with Crippen LogP contribution in [0, 0.1) is 0 Å². The van der Waals surface area contributed by atoms with Gasteiger partial charge in [-0.15, -0.1) is 0 Å². The van der Waals surface area contributed by atoms with Crippen LogP contribution in [0.3, 0.4) is 0 Å². The molecule has 4 aromatic carbocycles. The minimum atomic E-state index is -4.12. The average molecular weight is 378 g/mol. The van der Waals surface area contributed by atoms with Crippen molar-refractivity contribution < 1.29 is 16.8 Å². The summed E-state index contributed by atoms with van der Waals surface area (Å²) in [6.45, 7) is -0.140. The first-order valence-electron chi connectivity index (χ1n) is 8.59. The third-order valence-electron chi connectivity index (χ3n) is 4.48. The van der Waals surface area contributed by atoms with Crippen LogP contribution in [0.2, 0.25) is 0 Å². The second kappa shape index (κ2) is 7.48. The topological polar surface area (TPSA) is 52.6 Å². The van der Waals surface area contributed by atoms with Crippen molar-refractivity contribution in [2.24, 2.45) is 0 Å². The molecule has 4 aromatic rings. The fraction of sp³-hybridized carbons (Fsp3) is 0.0909. The zero-order chi connectivity index (χ0) is 18.7. The third kappa shape index (κ3) is 4.01. The van der Waals surface area contributed by atoms with E-state index in [0.29, 0.717) is 0 Å². The number of hydrogen-bond donors (Lipinski definition) is 0. The molecule has 0 aromatic heterocycles. The maximum Gasteiger partial charge on any atom is 0.400 e. The van der Waals surface area contributed by atoms with Crippen LogP contribution in [0.1, 0.15) is 11.1 Å². The summed E-state index contributed by atoms with van der Waals surface area (Å²) in [6.07, 6.45) is 0. The average Bonchev–Trinajstić information content (AvgIpc) is 2.71. The summed E-state index contributed by atoms with van der Waals surface area (Å²) in [5.74, 6) is 0. The molecule has 0 atom stereocenters. The molecular weight excluding hydrogens is 360 g/mol. The van der Waals surface area contributed by atoms with Crippen LogP contribution in [0.25, 0.3) is 21.5 Å². The summed E-state index contributed by atoms with van der Waals surface area (Å²) in [5.41, 5.74) is 1.59. The molecule has 27 heavy (non-hydrogen) atoms. The Kier molecular flexibility index (Phi) is 4.90. The zero-order valence-electron chi connectivity index (χ0n) is 14.5. The summed E-state index contributed by atoms with van der Waals surface area (Å²) in [5, 5.41) is 3.99. The number of benzene rings is 4. The van der Waals surface area contributed by atoms with Crippen molar-refractivity contribution in [3.8, 4) is 0 Å². The van der Waals surface area contributed by atoms with E-state index in [0.717, 1.165) is 32.7 Å². The van der Waals surface area contributed by atoms with E-state index in [9.17, 15) is 8.42 Å². The van der Waals surface area contributed by atoms with Gasteiger partial charge in [0.15, 0.2) is 0 Å². The highest BCUT2D eigenvalue weighted by molar-refractivity contribution is 7.81. The van der Waals surface area contributed by atoms with Crippen LogP contribution in [0.5, 0.6) is 0 Å². The molecule has 0 aliphatic carbocycles. The molecule has 4 nitrogen and oxygen atoms in total. The minimum absolute atomic E-state index is 0.0702. The Hall–Kier alpha value is -2.73. The summed E-state index contributed by atoms with van der Waals surface area (Å²) in [6, 6.07) is 27.0. The Labute approximate surface area is 158 Å². The Bertz CT molecular complexity index is 1100. The Morgan fingerprint density at radius 3 is 1.44 bits per heavy atom. The minimum Gasteiger partial charge on any atom is -0.243 e. The first-order valence-corrected chi connectivity index (χ1v) is 9.93. The SMILES string of the molecule is O=S(=O)(OCc1cccc2ccccc12)OCc1cccc2ccccc12. The highest BCUT2D eigenvalue weighted by atomic mass is 32.3. The molecular formula is C22H18O4S. The molecule has 0 aliphatic heterocycles. The quantitative estimate of drug-likeness (QED) is 0.475. The molecule has 0 N–H and O–H groups in total. The van der Waals surface area contributed by atoms with E-state index in [1.54, 1.807) is 0 Å². The number of fused-ring (bicyclic) bond motifs is 2. The fourth-order valence-corrected chi connectivity index (χ4v) is 3.75. The van der Waals surface area contributed by atoms with Gasteiger partial charge in [0.2, 0.25) is 0 Å². The van der Waals surface area contributed by atoms with Crippen molar-refractivity contribution in [1.82, 2.24) is 0 Å². The van der Waals surface area contributed by atoms with Gasteiger partial charge in [-0.25, -0.2) is 8.37 Å². The van der Waals surface area contributed by atoms with Crippen molar-refractivity contribution in [3.63, 3.8) is 0 Å². The van der Waals surface area contributed by atoms with E-state index >= 15 is 0 Å². The lowest BCUT2D eigenvalue weighted by Crippen LogP contribution is -2.10. The number of rotatable bonds is 6. The molecule has 0 unspecified atom stereocenters. The van der Waals surface area contributed by atoms with Crippen LogP contribution >= 0.6 is 0 Å². The van der Waals surface area contributed by atoms with E-state index in [1.165, 1.54) is 0 Å². The molecule has 0 radical (unpaired) electrons. The summed E-state index contributed by atoms with van der Waals surface area (Å²) in [7, 11) is -4.12. The monoisotopic (exact) mass is 378 g/mol. The van der Waals surface area contributed by atoms with Crippen molar-refractivity contribution in [1.29, 1.82) is 0 Å². The zero-order valence-corrected chi connectivity index (χ0v) is 15.4. The van der Waals surface area contributed by atoms with E-state index in [4.69, 9.17) is 8.37 Å². The smallest absolute Gasteiger partial charge is 0.243 e. The second-order valence-electron chi connectivity index (χ2n) is 6.21. The molecule has 0 aliphatic rings. The van der Waals surface area contributed by atoms with E-state index in [-0.39, 0.29) is 13.2 Å². The first-order chi connectivity index (χ1) is 13.1. The maximum atomic E-state index is 12.2. The van der Waals surface area contributed by atoms with Gasteiger partial charge in [0.25, 0.3) is 0 Å². The second-order valence-corrected chi connectivity index (χ2v) is 7.50. The third-order valence-corrected chi connectivity index (χ3v) is 5.29. The maximum absolute atomic E-state index is 12.2. The van der Waals surface area contributed by atoms with Crippen LogP contribution in [-0.2, 0) is 32.0 Å². The molecule has 0 heterocycles. The van der Waals surface area contributed by atoms with Gasteiger partial charge in [-0.1, -0.05) is 84.9 Å². The Morgan fingerprint density at radius 1 is 0.556 bits per heavy atom. The van der Waals surface area contributed by atoms with Gasteiger partial charge in [0, 0.05) is 0 Å². The lowest BCUT2D eigenvalue weighted by molar-refractivity contribution is 0.203. The molecule has 0 bridgehead atoms. The highest BCUT2D eigenvalue weighted by Crippen LogP contribution is 2.22. The van der Waals surface area contributed by atoms with Gasteiger partial charge in [0.05, 0.1) is 13.2 Å². The number of hydrogen-bond acceptors (Lipinski definition) is 4. The van der Waals surface area contributed by atoms with Crippen LogP contribution in [0.15, 0.2) is 84.9 Å². The van der Waals surface area contributed by atoms with Gasteiger partial charge < -0.3 is 0 Å². The summed E-state index contributed by atoms with van der Waals surface area (Å²) >= 11 is 0. The molecule has 0 saturated heterocycles. The predicted molar refractivity (Wildman–Crippen MR) is 106 cm³/mol. The van der Waals surface area contributed by atoms with Gasteiger partial charge in [0.1, 0.15) is 0 Å². The summed E-state index contributed by atoms with van der Waals surface area (Å²) in [4.78, 5) is 0. The lowest BCUT2D eigenvalue weighted by atomic mass is 10.1.